The van der Waals surface area contributed by atoms with E-state index < -0.39 is 24.1 Å². The second-order valence-electron chi connectivity index (χ2n) is 9.49. The molecule has 0 saturated heterocycles. The summed E-state index contributed by atoms with van der Waals surface area (Å²) in [5.41, 5.74) is 3.25. The van der Waals surface area contributed by atoms with E-state index in [4.69, 9.17) is 9.47 Å². The third kappa shape index (κ3) is 5.06. The van der Waals surface area contributed by atoms with E-state index in [1.54, 1.807) is 6.08 Å². The Kier molecular flexibility index (Phi) is 8.19. The number of carbonyl (C=O) groups is 3. The van der Waals surface area contributed by atoms with E-state index in [2.05, 4.69) is 6.58 Å². The van der Waals surface area contributed by atoms with Gasteiger partial charge >= 0.3 is 11.9 Å². The summed E-state index contributed by atoms with van der Waals surface area (Å²) in [6, 6.07) is 19.1. The first-order valence-electron chi connectivity index (χ1n) is 12.9. The van der Waals surface area contributed by atoms with Crippen LogP contribution in [0.4, 0.5) is 0 Å². The van der Waals surface area contributed by atoms with Crippen molar-refractivity contribution in [2.75, 3.05) is 0 Å². The third-order valence-electron chi connectivity index (χ3n) is 7.38. The lowest BCUT2D eigenvalue weighted by Gasteiger charge is -2.27. The maximum atomic E-state index is 13.4. The lowest BCUT2D eigenvalue weighted by atomic mass is 9.90. The highest BCUT2D eigenvalue weighted by Gasteiger charge is 2.50. The first-order valence-corrected chi connectivity index (χ1v) is 12.9. The highest BCUT2D eigenvalue weighted by atomic mass is 16.6. The standard InChI is InChI=1S/C31H34O5/c1-4-13-25-27-24(18-19-26(27)35-30(33)22(5-2)20-14-9-7-10-15-20)28(32)29(25)36-31(34)23(6-3)21-16-11-8-12-17-21/h4,7-12,14-17,22-23,25-26,29H,1,5-6,13,18-19H2,2-3H3/t22-,23-,25+,26-,29+/m0/s1. The van der Waals surface area contributed by atoms with Crippen molar-refractivity contribution in [1.29, 1.82) is 0 Å². The van der Waals surface area contributed by atoms with E-state index in [9.17, 15) is 14.4 Å². The number of carbonyl (C=O) groups excluding carboxylic acids is 3. The van der Waals surface area contributed by atoms with Crippen LogP contribution >= 0.6 is 0 Å². The van der Waals surface area contributed by atoms with Gasteiger partial charge in [-0.1, -0.05) is 80.6 Å². The van der Waals surface area contributed by atoms with Gasteiger partial charge in [0.15, 0.2) is 11.9 Å². The second-order valence-corrected chi connectivity index (χ2v) is 9.49. The first-order chi connectivity index (χ1) is 17.5. The lowest BCUT2D eigenvalue weighted by Crippen LogP contribution is -2.35. The van der Waals surface area contributed by atoms with E-state index in [0.29, 0.717) is 37.7 Å². The van der Waals surface area contributed by atoms with Crippen molar-refractivity contribution in [3.05, 3.63) is 95.6 Å². The minimum absolute atomic E-state index is 0.165. The summed E-state index contributed by atoms with van der Waals surface area (Å²) in [7, 11) is 0. The molecule has 2 aromatic carbocycles. The summed E-state index contributed by atoms with van der Waals surface area (Å²) in [5, 5.41) is 0. The maximum absolute atomic E-state index is 13.4. The van der Waals surface area contributed by atoms with Gasteiger partial charge in [-0.25, -0.2) is 0 Å². The van der Waals surface area contributed by atoms with Crippen LogP contribution in [0.3, 0.4) is 0 Å². The van der Waals surface area contributed by atoms with Crippen LogP contribution in [-0.4, -0.2) is 29.9 Å². The zero-order valence-corrected chi connectivity index (χ0v) is 21.0. The Morgan fingerprint density at radius 3 is 1.94 bits per heavy atom. The number of benzene rings is 2. The Balaban J connectivity index is 1.52. The van der Waals surface area contributed by atoms with Crippen molar-refractivity contribution < 1.29 is 23.9 Å². The minimum atomic E-state index is -0.907. The molecule has 0 fully saturated rings. The summed E-state index contributed by atoms with van der Waals surface area (Å²) < 4.78 is 11.9. The summed E-state index contributed by atoms with van der Waals surface area (Å²) in [6.07, 6.45) is 3.09. The second kappa shape index (κ2) is 11.5. The largest absolute Gasteiger partial charge is 0.457 e. The number of rotatable bonds is 10. The molecule has 0 N–H and O–H groups in total. The number of ether oxygens (including phenoxy) is 2. The topological polar surface area (TPSA) is 69.7 Å². The number of Topliss-reactive ketones (excluding diaryl/α,β-unsaturated/α-hetero) is 1. The molecule has 5 atom stereocenters. The summed E-state index contributed by atoms with van der Waals surface area (Å²) in [5.74, 6) is -2.02. The molecule has 0 radical (unpaired) electrons. The van der Waals surface area contributed by atoms with Crippen LogP contribution in [0.25, 0.3) is 0 Å². The molecule has 2 aliphatic carbocycles. The average Bonchev–Trinajstić information content (AvgIpc) is 3.41. The SMILES string of the molecule is C=CC[C@@H]1C2=C(CC[C@@H]2OC(=O)[C@@H](CC)c2ccccc2)C(=O)[C@@H]1OC(=O)[C@@H](CC)c1ccccc1. The third-order valence-corrected chi connectivity index (χ3v) is 7.38. The molecule has 4 rings (SSSR count). The number of ketones is 1. The normalized spacial score (nSPS) is 22.6. The van der Waals surface area contributed by atoms with Gasteiger partial charge in [-0.3, -0.25) is 14.4 Å². The summed E-state index contributed by atoms with van der Waals surface area (Å²) in [6.45, 7) is 7.76. The van der Waals surface area contributed by atoms with Crippen LogP contribution in [0.5, 0.6) is 0 Å². The quantitative estimate of drug-likeness (QED) is 0.301. The van der Waals surface area contributed by atoms with Crippen LogP contribution in [0.2, 0.25) is 0 Å². The van der Waals surface area contributed by atoms with E-state index >= 15 is 0 Å². The van der Waals surface area contributed by atoms with Crippen molar-refractivity contribution in [3.8, 4) is 0 Å². The number of hydrogen-bond donors (Lipinski definition) is 0. The maximum Gasteiger partial charge on any atom is 0.314 e. The summed E-state index contributed by atoms with van der Waals surface area (Å²) >= 11 is 0. The highest BCUT2D eigenvalue weighted by Crippen LogP contribution is 2.46. The molecule has 0 unspecified atom stereocenters. The lowest BCUT2D eigenvalue weighted by molar-refractivity contribution is -0.158. The van der Waals surface area contributed by atoms with Crippen molar-refractivity contribution in [1.82, 2.24) is 0 Å². The van der Waals surface area contributed by atoms with Gasteiger partial charge in [-0.2, -0.15) is 0 Å². The molecule has 188 valence electrons. The fourth-order valence-electron chi connectivity index (χ4n) is 5.58. The van der Waals surface area contributed by atoms with Gasteiger partial charge in [-0.05, 0) is 48.8 Å². The van der Waals surface area contributed by atoms with Crippen LogP contribution in [0.15, 0.2) is 84.5 Å². The minimum Gasteiger partial charge on any atom is -0.457 e. The molecule has 0 bridgehead atoms. The molecule has 0 heterocycles. The predicted molar refractivity (Wildman–Crippen MR) is 138 cm³/mol. The van der Waals surface area contributed by atoms with Gasteiger partial charge in [0.25, 0.3) is 0 Å². The Bertz CT molecular complexity index is 1130. The molecule has 2 aromatic rings. The molecule has 2 aliphatic rings. The van der Waals surface area contributed by atoms with Gasteiger partial charge < -0.3 is 9.47 Å². The molecular weight excluding hydrogens is 452 g/mol. The molecule has 5 heteroatoms. The molecule has 36 heavy (non-hydrogen) atoms. The van der Waals surface area contributed by atoms with Crippen LogP contribution < -0.4 is 0 Å². The van der Waals surface area contributed by atoms with Gasteiger partial charge in [-0.15, -0.1) is 6.58 Å². The van der Waals surface area contributed by atoms with Gasteiger partial charge in [0.05, 0.1) is 11.8 Å². The monoisotopic (exact) mass is 486 g/mol. The first kappa shape index (κ1) is 25.6. The number of hydrogen-bond acceptors (Lipinski definition) is 5. The fraction of sp³-hybridized carbons (Fsp3) is 0.387. The average molecular weight is 487 g/mol. The van der Waals surface area contributed by atoms with E-state index in [0.717, 1.165) is 16.7 Å². The van der Waals surface area contributed by atoms with Crippen molar-refractivity contribution in [3.63, 3.8) is 0 Å². The van der Waals surface area contributed by atoms with Gasteiger partial charge in [0, 0.05) is 11.5 Å². The number of allylic oxidation sites excluding steroid dienone is 1. The van der Waals surface area contributed by atoms with E-state index in [1.807, 2.05) is 74.5 Å². The van der Waals surface area contributed by atoms with Crippen LogP contribution in [-0.2, 0) is 23.9 Å². The predicted octanol–water partition coefficient (Wildman–Crippen LogP) is 6.06. The Hall–Kier alpha value is -3.47. The smallest absolute Gasteiger partial charge is 0.314 e. The van der Waals surface area contributed by atoms with E-state index in [-0.39, 0.29) is 23.6 Å². The fourth-order valence-corrected chi connectivity index (χ4v) is 5.58. The van der Waals surface area contributed by atoms with Crippen molar-refractivity contribution >= 4 is 17.7 Å². The van der Waals surface area contributed by atoms with E-state index in [1.165, 1.54) is 0 Å². The van der Waals surface area contributed by atoms with Crippen molar-refractivity contribution in [2.45, 2.75) is 70.0 Å². The Labute approximate surface area is 213 Å². The van der Waals surface area contributed by atoms with Crippen LogP contribution in [0.1, 0.15) is 68.9 Å². The molecule has 0 aromatic heterocycles. The molecule has 0 saturated carbocycles. The molecular formula is C31H34O5. The number of esters is 2. The Morgan fingerprint density at radius 1 is 0.917 bits per heavy atom. The zero-order chi connectivity index (χ0) is 25.7. The zero-order valence-electron chi connectivity index (χ0n) is 21.0. The van der Waals surface area contributed by atoms with Gasteiger partial charge in [0.2, 0.25) is 0 Å². The van der Waals surface area contributed by atoms with Gasteiger partial charge in [0.1, 0.15) is 6.10 Å². The van der Waals surface area contributed by atoms with Crippen molar-refractivity contribution in [2.24, 2.45) is 5.92 Å². The highest BCUT2D eigenvalue weighted by molar-refractivity contribution is 6.05. The molecule has 0 spiro atoms. The molecule has 5 nitrogen and oxygen atoms in total. The molecule has 0 amide bonds. The van der Waals surface area contributed by atoms with Crippen LogP contribution in [0, 0.1) is 5.92 Å². The molecule has 0 aliphatic heterocycles. The summed E-state index contributed by atoms with van der Waals surface area (Å²) in [4.78, 5) is 39.7. The Morgan fingerprint density at radius 2 is 1.44 bits per heavy atom.